The molecule has 1 atom stereocenters. The molecule has 1 aliphatic carbocycles. The Kier molecular flexibility index (Phi) is 9.25. The average molecular weight is 725 g/mol. The minimum Gasteiger partial charge on any atom is -0.350 e. The maximum absolute atomic E-state index is 15.6. The average Bonchev–Trinajstić information content (AvgIpc) is 3.63. The van der Waals surface area contributed by atoms with Gasteiger partial charge in [0.2, 0.25) is 5.91 Å². The number of piperidine rings is 2. The van der Waals surface area contributed by atoms with Crippen molar-refractivity contribution in [3.8, 4) is 11.3 Å². The molecular weight excluding hydrogens is 675 g/mol. The first-order valence-corrected chi connectivity index (χ1v) is 19.3. The van der Waals surface area contributed by atoms with Crippen LogP contribution < -0.4 is 20.9 Å². The number of aryl methyl sites for hydroxylation is 1. The van der Waals surface area contributed by atoms with E-state index in [1.54, 1.807) is 19.3 Å². The van der Waals surface area contributed by atoms with Crippen LogP contribution in [-0.2, 0) is 10.2 Å². The van der Waals surface area contributed by atoms with Crippen LogP contribution in [-0.4, -0.2) is 81.7 Å². The summed E-state index contributed by atoms with van der Waals surface area (Å²) in [5.74, 6) is -0.183. The molecule has 1 spiro atoms. The number of likely N-dealkylation sites (tertiary alicyclic amines) is 1. The lowest BCUT2D eigenvalue weighted by atomic mass is 9.74. The summed E-state index contributed by atoms with van der Waals surface area (Å²) in [6, 6.07) is 11.4. The molecule has 53 heavy (non-hydrogen) atoms. The molecule has 5 heterocycles. The van der Waals surface area contributed by atoms with Gasteiger partial charge in [0.1, 0.15) is 17.5 Å². The molecule has 3 aliphatic heterocycles. The summed E-state index contributed by atoms with van der Waals surface area (Å²) in [5, 5.41) is 9.59. The third-order valence-electron chi connectivity index (χ3n) is 11.9. The zero-order chi connectivity index (χ0) is 37.2. The van der Waals surface area contributed by atoms with Gasteiger partial charge in [0.25, 0.3) is 5.91 Å². The molecule has 280 valence electrons. The Morgan fingerprint density at radius 2 is 1.83 bits per heavy atom. The van der Waals surface area contributed by atoms with Gasteiger partial charge >= 0.3 is 0 Å². The number of imidazole rings is 1. The number of pyridine rings is 1. The van der Waals surface area contributed by atoms with Crippen LogP contribution in [0.25, 0.3) is 22.3 Å². The van der Waals surface area contributed by atoms with Gasteiger partial charge in [0.15, 0.2) is 5.82 Å². The van der Waals surface area contributed by atoms with Gasteiger partial charge in [-0.2, -0.15) is 0 Å². The van der Waals surface area contributed by atoms with Crippen LogP contribution in [0.3, 0.4) is 0 Å². The molecule has 12 heteroatoms. The number of alkyl halides is 1. The van der Waals surface area contributed by atoms with E-state index in [1.165, 1.54) is 6.07 Å². The molecule has 10 nitrogen and oxygen atoms in total. The van der Waals surface area contributed by atoms with Crippen molar-refractivity contribution in [3.05, 3.63) is 65.2 Å². The highest BCUT2D eigenvalue weighted by molar-refractivity contribution is 6.09. The molecule has 0 bridgehead atoms. The number of hydrogen-bond donors (Lipinski definition) is 3. The first-order valence-electron chi connectivity index (χ1n) is 19.3. The van der Waals surface area contributed by atoms with Crippen LogP contribution in [0.1, 0.15) is 93.7 Å². The minimum atomic E-state index is -0.775. The number of hydrogen-bond acceptors (Lipinski definition) is 7. The number of carbonyl (C=O) groups is 2. The Morgan fingerprint density at radius 3 is 2.55 bits per heavy atom. The highest BCUT2D eigenvalue weighted by Gasteiger charge is 2.55. The molecule has 4 aliphatic rings. The third kappa shape index (κ3) is 6.27. The van der Waals surface area contributed by atoms with E-state index < -0.39 is 17.4 Å². The number of nitrogens with zero attached hydrogens (tertiary/aromatic N) is 5. The van der Waals surface area contributed by atoms with E-state index in [2.05, 4.69) is 46.8 Å². The maximum Gasteiger partial charge on any atom is 0.251 e. The van der Waals surface area contributed by atoms with Crippen LogP contribution in [0.2, 0.25) is 0 Å². The lowest BCUT2D eigenvalue weighted by molar-refractivity contribution is -0.125. The molecule has 8 rings (SSSR count). The second kappa shape index (κ2) is 13.8. The fraction of sp³-hybridized carbons (Fsp3) is 0.512. The van der Waals surface area contributed by atoms with E-state index in [1.807, 2.05) is 35.4 Å². The SMILES string of the molecule is Cc1cc(F)c(Nc2nc(-c3ccc4c(c3)N(C3CC(N5CCC[C@H](F)C5)C3)C(=O)C43CCNCC3)cc3ncn(C(C)C)c23)cc1C(=O)NC(C)C. The van der Waals surface area contributed by atoms with E-state index in [0.29, 0.717) is 41.1 Å². The zero-order valence-electron chi connectivity index (χ0n) is 31.3. The van der Waals surface area contributed by atoms with Crippen molar-refractivity contribution in [1.82, 2.24) is 30.1 Å². The van der Waals surface area contributed by atoms with Gasteiger partial charge in [-0.3, -0.25) is 14.5 Å². The molecule has 2 aromatic heterocycles. The van der Waals surface area contributed by atoms with Crippen molar-refractivity contribution in [2.45, 2.75) is 109 Å². The van der Waals surface area contributed by atoms with E-state index >= 15 is 4.39 Å². The predicted molar refractivity (Wildman–Crippen MR) is 204 cm³/mol. The second-order valence-electron chi connectivity index (χ2n) is 16.1. The Hall–Kier alpha value is -4.42. The molecule has 3 N–H and O–H groups in total. The van der Waals surface area contributed by atoms with Gasteiger partial charge in [-0.05, 0) is 128 Å². The van der Waals surface area contributed by atoms with Gasteiger partial charge in [-0.15, -0.1) is 0 Å². The molecule has 2 saturated heterocycles. The molecule has 2 amide bonds. The number of rotatable bonds is 8. The third-order valence-corrected chi connectivity index (χ3v) is 11.9. The number of halogens is 2. The Bertz CT molecular complexity index is 2070. The monoisotopic (exact) mass is 724 g/mol. The first-order chi connectivity index (χ1) is 25.4. The number of nitrogens with one attached hydrogen (secondary N) is 3. The fourth-order valence-corrected chi connectivity index (χ4v) is 8.97. The highest BCUT2D eigenvalue weighted by atomic mass is 19.1. The standard InChI is InChI=1S/C41H50F2N8O2/c1-23(2)46-39(52)30-19-34(32(43)15-25(30)5)48-38-37-35(45-22-50(37)24(3)4)20-33(47-38)26-8-9-31-36(16-26)51(40(53)41(31)10-12-44-13-11-41)29-17-28(18-29)49-14-6-7-27(42)21-49/h8-9,15-16,19-20,22-24,27-29,44H,6-7,10-14,17-18,21H2,1-5H3,(H,46,52)(H,47,48)/t27-,28?,29?/m0/s1. The van der Waals surface area contributed by atoms with Gasteiger partial charge in [0, 0.05) is 47.5 Å². The quantitative estimate of drug-likeness (QED) is 0.181. The number of carbonyl (C=O) groups excluding carboxylic acids is 2. The predicted octanol–water partition coefficient (Wildman–Crippen LogP) is 6.94. The number of anilines is 3. The molecular formula is C41H50F2N8O2. The van der Waals surface area contributed by atoms with Crippen LogP contribution in [0, 0.1) is 12.7 Å². The van der Waals surface area contributed by atoms with Gasteiger partial charge in [-0.25, -0.2) is 18.7 Å². The number of fused-ring (bicyclic) bond motifs is 3. The molecule has 0 unspecified atom stereocenters. The summed E-state index contributed by atoms with van der Waals surface area (Å²) in [4.78, 5) is 41.8. The van der Waals surface area contributed by atoms with E-state index in [-0.39, 0.29) is 41.7 Å². The summed E-state index contributed by atoms with van der Waals surface area (Å²) < 4.78 is 31.9. The Balaban J connectivity index is 1.18. The summed E-state index contributed by atoms with van der Waals surface area (Å²) in [5.41, 5.74) is 5.34. The van der Waals surface area contributed by atoms with Crippen molar-refractivity contribution < 1.29 is 18.4 Å². The fourth-order valence-electron chi connectivity index (χ4n) is 8.97. The van der Waals surface area contributed by atoms with Crippen molar-refractivity contribution in [3.63, 3.8) is 0 Å². The van der Waals surface area contributed by atoms with Crippen molar-refractivity contribution in [2.24, 2.45) is 0 Å². The van der Waals surface area contributed by atoms with Gasteiger partial charge in [0.05, 0.1) is 28.6 Å². The smallest absolute Gasteiger partial charge is 0.251 e. The molecule has 3 fully saturated rings. The van der Waals surface area contributed by atoms with E-state index in [4.69, 9.17) is 9.97 Å². The largest absolute Gasteiger partial charge is 0.350 e. The van der Waals surface area contributed by atoms with E-state index in [0.717, 1.165) is 74.1 Å². The van der Waals surface area contributed by atoms with Crippen molar-refractivity contribution >= 4 is 40.0 Å². The summed E-state index contributed by atoms with van der Waals surface area (Å²) >= 11 is 0. The normalized spacial score (nSPS) is 22.8. The second-order valence-corrected chi connectivity index (χ2v) is 16.1. The summed E-state index contributed by atoms with van der Waals surface area (Å²) in [7, 11) is 0. The Labute approximate surface area is 309 Å². The van der Waals surface area contributed by atoms with E-state index in [9.17, 15) is 14.0 Å². The van der Waals surface area contributed by atoms with Gasteiger partial charge < -0.3 is 25.4 Å². The van der Waals surface area contributed by atoms with Crippen LogP contribution in [0.15, 0.2) is 42.7 Å². The molecule has 0 radical (unpaired) electrons. The zero-order valence-corrected chi connectivity index (χ0v) is 31.3. The number of benzene rings is 2. The summed E-state index contributed by atoms with van der Waals surface area (Å²) in [6.07, 6.45) is 5.65. The topological polar surface area (TPSA) is 107 Å². The lowest BCUT2D eigenvalue weighted by Gasteiger charge is -2.48. The van der Waals surface area contributed by atoms with Crippen LogP contribution >= 0.6 is 0 Å². The molecule has 1 saturated carbocycles. The van der Waals surface area contributed by atoms with Crippen LogP contribution in [0.4, 0.5) is 26.0 Å². The van der Waals surface area contributed by atoms with Crippen molar-refractivity contribution in [1.29, 1.82) is 0 Å². The number of amides is 2. The van der Waals surface area contributed by atoms with Gasteiger partial charge in [-0.1, -0.05) is 12.1 Å². The van der Waals surface area contributed by atoms with Crippen LogP contribution in [0.5, 0.6) is 0 Å². The minimum absolute atomic E-state index is 0.0520. The number of aromatic nitrogens is 3. The molecule has 2 aromatic carbocycles. The Morgan fingerprint density at radius 1 is 1.06 bits per heavy atom. The lowest BCUT2D eigenvalue weighted by Crippen LogP contribution is -2.59. The highest BCUT2D eigenvalue weighted by Crippen LogP contribution is 2.51. The first kappa shape index (κ1) is 35.6. The maximum atomic E-state index is 15.6. The van der Waals surface area contributed by atoms with Crippen molar-refractivity contribution in [2.75, 3.05) is 36.4 Å². The molecule has 4 aromatic rings. The summed E-state index contributed by atoms with van der Waals surface area (Å²) in [6.45, 7) is 12.5.